The number of aryl methyl sites for hydroxylation is 1. The van der Waals surface area contributed by atoms with E-state index in [9.17, 15) is 31.0 Å². The number of carbonyl (C=O) groups is 2. The van der Waals surface area contributed by atoms with Crippen LogP contribution >= 0.6 is 7.60 Å². The first-order valence-corrected chi connectivity index (χ1v) is 26.7. The summed E-state index contributed by atoms with van der Waals surface area (Å²) in [5.74, 6) is 0.727. The van der Waals surface area contributed by atoms with Gasteiger partial charge in [0.05, 0.1) is 28.3 Å². The predicted octanol–water partition coefficient (Wildman–Crippen LogP) is 9.12. The highest BCUT2D eigenvalue weighted by atomic mass is 32.2. The number of pyridine rings is 2. The van der Waals surface area contributed by atoms with E-state index >= 15 is 0 Å². The van der Waals surface area contributed by atoms with Crippen molar-refractivity contribution in [1.82, 2.24) is 9.97 Å². The molecule has 61 heavy (non-hydrogen) atoms. The van der Waals surface area contributed by atoms with Crippen molar-refractivity contribution in [3.05, 3.63) is 113 Å². The molecule has 330 valence electrons. The van der Waals surface area contributed by atoms with Crippen LogP contribution in [-0.4, -0.2) is 64.1 Å². The fraction of sp³-hybridized carbons (Fsp3) is 0.489. The van der Waals surface area contributed by atoms with Crippen molar-refractivity contribution in [3.8, 4) is 0 Å². The van der Waals surface area contributed by atoms with Gasteiger partial charge in [-0.1, -0.05) is 81.7 Å². The van der Waals surface area contributed by atoms with Gasteiger partial charge in [-0.2, -0.15) is 0 Å². The zero-order valence-electron chi connectivity index (χ0n) is 36.1. The Bertz CT molecular complexity index is 2310. The van der Waals surface area contributed by atoms with Crippen molar-refractivity contribution in [1.29, 1.82) is 0 Å². The van der Waals surface area contributed by atoms with Crippen molar-refractivity contribution in [2.75, 3.05) is 25.7 Å². The van der Waals surface area contributed by atoms with Crippen LogP contribution in [0.5, 0.6) is 0 Å². The number of hydrogen-bond acceptors (Lipinski definition) is 11. The van der Waals surface area contributed by atoms with Gasteiger partial charge in [0.1, 0.15) is 11.6 Å². The normalized spacial score (nSPS) is 16.1. The van der Waals surface area contributed by atoms with Gasteiger partial charge in [0.25, 0.3) is 0 Å². The Hall–Kier alpha value is -3.87. The number of nitrogens with zero attached hydrogens (tertiary/aromatic N) is 2. The largest absolute Gasteiger partial charge is 0.362 e. The van der Waals surface area contributed by atoms with E-state index in [1.807, 2.05) is 19.1 Å². The zero-order valence-corrected chi connectivity index (χ0v) is 38.7. The van der Waals surface area contributed by atoms with Crippen molar-refractivity contribution >= 4 is 44.1 Å². The molecule has 2 saturated carbocycles. The molecular formula is C47H61N2O9PS2. The van der Waals surface area contributed by atoms with Crippen LogP contribution in [0.3, 0.4) is 0 Å². The lowest BCUT2D eigenvalue weighted by Crippen LogP contribution is -2.19. The van der Waals surface area contributed by atoms with Gasteiger partial charge >= 0.3 is 7.60 Å². The Morgan fingerprint density at radius 2 is 1.02 bits per heavy atom. The Kier molecular flexibility index (Phi) is 17.3. The Balaban J connectivity index is 0.000000237. The minimum Gasteiger partial charge on any atom is -0.305 e. The van der Waals surface area contributed by atoms with Gasteiger partial charge in [0.15, 0.2) is 19.7 Å². The fourth-order valence-electron chi connectivity index (χ4n) is 8.38. The van der Waals surface area contributed by atoms with Gasteiger partial charge in [-0.25, -0.2) is 16.8 Å². The molecule has 0 aliphatic heterocycles. The summed E-state index contributed by atoms with van der Waals surface area (Å²) in [6.07, 6.45) is 17.1. The van der Waals surface area contributed by atoms with Crippen LogP contribution in [0.15, 0.2) is 95.0 Å². The van der Waals surface area contributed by atoms with Gasteiger partial charge in [-0.3, -0.25) is 24.1 Å². The first-order chi connectivity index (χ1) is 29.0. The highest BCUT2D eigenvalue weighted by molar-refractivity contribution is 7.91. The van der Waals surface area contributed by atoms with E-state index in [-0.39, 0.29) is 47.9 Å². The number of aromatic nitrogens is 2. The minimum atomic E-state index is -3.43. The average Bonchev–Trinajstić information content (AvgIpc) is 3.95. The highest BCUT2D eigenvalue weighted by Gasteiger charge is 2.30. The van der Waals surface area contributed by atoms with Crippen molar-refractivity contribution in [2.45, 2.75) is 119 Å². The molecule has 6 rings (SSSR count). The summed E-state index contributed by atoms with van der Waals surface area (Å²) in [6.45, 7) is 5.97. The quantitative estimate of drug-likeness (QED) is 0.0825. The molecule has 2 aromatic carbocycles. The number of benzene rings is 2. The second kappa shape index (κ2) is 22.0. The van der Waals surface area contributed by atoms with Crippen molar-refractivity contribution in [3.63, 3.8) is 0 Å². The molecule has 0 unspecified atom stereocenters. The lowest BCUT2D eigenvalue weighted by molar-refractivity contribution is -0.121. The lowest BCUT2D eigenvalue weighted by Gasteiger charge is -2.21. The molecule has 0 radical (unpaired) electrons. The van der Waals surface area contributed by atoms with Gasteiger partial charge in [0.2, 0.25) is 0 Å². The molecule has 2 aliphatic carbocycles. The zero-order chi connectivity index (χ0) is 44.2. The molecule has 2 heterocycles. The Morgan fingerprint density at radius 3 is 1.34 bits per heavy atom. The Morgan fingerprint density at radius 1 is 0.623 bits per heavy atom. The summed E-state index contributed by atoms with van der Waals surface area (Å²) < 4.78 is 70.8. The van der Waals surface area contributed by atoms with Gasteiger partial charge in [0, 0.05) is 61.0 Å². The van der Waals surface area contributed by atoms with Gasteiger partial charge < -0.3 is 9.05 Å². The second-order valence-corrected chi connectivity index (χ2v) is 22.6. The summed E-state index contributed by atoms with van der Waals surface area (Å²) in [7, 11) is -9.96. The molecule has 0 amide bonds. The maximum atomic E-state index is 13.4. The monoisotopic (exact) mass is 892 g/mol. The first kappa shape index (κ1) is 48.2. The molecule has 0 bridgehead atoms. The van der Waals surface area contributed by atoms with Crippen molar-refractivity contribution in [2.24, 2.45) is 11.8 Å². The molecule has 2 aromatic heterocycles. The van der Waals surface area contributed by atoms with E-state index in [0.717, 1.165) is 48.1 Å². The predicted molar refractivity (Wildman–Crippen MR) is 239 cm³/mol. The van der Waals surface area contributed by atoms with Crippen molar-refractivity contribution < 1.29 is 40.0 Å². The van der Waals surface area contributed by atoms with E-state index in [1.54, 1.807) is 80.7 Å². The van der Waals surface area contributed by atoms with E-state index in [1.165, 1.54) is 57.2 Å². The molecule has 4 aromatic rings. The van der Waals surface area contributed by atoms with Crippen LogP contribution in [0, 0.1) is 18.8 Å². The third kappa shape index (κ3) is 14.1. The maximum Gasteiger partial charge on any atom is 0.362 e. The molecule has 0 saturated heterocycles. The van der Waals surface area contributed by atoms with Crippen LogP contribution < -0.4 is 5.30 Å². The summed E-state index contributed by atoms with van der Waals surface area (Å²) in [4.78, 5) is 35.8. The maximum absolute atomic E-state index is 13.4. The number of Topliss-reactive ketones (excluding diaryl/α,β-unsaturated/α-hetero) is 2. The topological polar surface area (TPSA) is 164 Å². The smallest absolute Gasteiger partial charge is 0.305 e. The number of ketones is 2. The standard InChI is InChI=1S/C25H34NO6PS.C22H27NO3S/c1-4-31-33(28,32-5-2)22-13-12-21(26-18-22)17-25(27)24(16-19-8-6-7-9-19)20-10-14-23(15-11-20)34(3,29)30;1-16-7-10-19(23-15-16)14-22(24)21(13-17-5-3-4-6-17)18-8-11-20(12-9-18)27(2,25)26/h10-15,18-19,24H,4-9,16-17H2,1-3H3;7-12,15,17,21H,3-6,13-14H2,1-2H3/t24-;21-/m11/s1. The van der Waals surface area contributed by atoms with Crippen LogP contribution in [0.4, 0.5) is 0 Å². The minimum absolute atomic E-state index is 0.0389. The second-order valence-electron chi connectivity index (χ2n) is 16.5. The number of hydrogen-bond donors (Lipinski definition) is 0. The lowest BCUT2D eigenvalue weighted by atomic mass is 9.83. The number of sulfone groups is 2. The molecule has 0 N–H and O–H groups in total. The highest BCUT2D eigenvalue weighted by Crippen LogP contribution is 2.46. The first-order valence-electron chi connectivity index (χ1n) is 21.4. The Labute approximate surface area is 362 Å². The van der Waals surface area contributed by atoms with E-state index in [2.05, 4.69) is 9.97 Å². The van der Waals surface area contributed by atoms with Crippen LogP contribution in [0.1, 0.15) is 118 Å². The SMILES string of the molecule is CCOP(=O)(OCC)c1ccc(CC(=O)[C@H](CC2CCCC2)c2ccc(S(C)(=O)=O)cc2)nc1.Cc1ccc(CC(=O)[C@H](CC2CCCC2)c2ccc(S(C)(=O)=O)cc2)nc1. The molecule has 14 heteroatoms. The third-order valence-electron chi connectivity index (χ3n) is 11.7. The number of carbonyl (C=O) groups excluding carboxylic acids is 2. The van der Waals surface area contributed by atoms with E-state index in [0.29, 0.717) is 34.2 Å². The van der Waals surface area contributed by atoms with Crippen LogP contribution in [0.25, 0.3) is 0 Å². The summed E-state index contributed by atoms with van der Waals surface area (Å²) >= 11 is 0. The van der Waals surface area contributed by atoms with E-state index in [4.69, 9.17) is 9.05 Å². The summed E-state index contributed by atoms with van der Waals surface area (Å²) in [5, 5.41) is 0.367. The fourth-order valence-corrected chi connectivity index (χ4v) is 11.1. The third-order valence-corrected chi connectivity index (χ3v) is 16.0. The van der Waals surface area contributed by atoms with Crippen LogP contribution in [0.2, 0.25) is 0 Å². The molecule has 0 spiro atoms. The molecule has 2 fully saturated rings. The van der Waals surface area contributed by atoms with Gasteiger partial charge in [-0.05, 0) is 105 Å². The average molecular weight is 893 g/mol. The molecule has 11 nitrogen and oxygen atoms in total. The molecule has 2 atom stereocenters. The van der Waals surface area contributed by atoms with Gasteiger partial charge in [-0.15, -0.1) is 0 Å². The molecular weight excluding hydrogens is 832 g/mol. The van der Waals surface area contributed by atoms with E-state index < -0.39 is 27.3 Å². The molecule has 2 aliphatic rings. The summed E-state index contributed by atoms with van der Waals surface area (Å²) in [6, 6.07) is 20.7. The summed E-state index contributed by atoms with van der Waals surface area (Å²) in [5.41, 5.74) is 4.18. The van der Waals surface area contributed by atoms with Crippen LogP contribution in [-0.2, 0) is 55.7 Å². The number of rotatable bonds is 19.